The number of benzene rings is 1. The van der Waals surface area contributed by atoms with Crippen molar-refractivity contribution in [2.24, 2.45) is 5.92 Å². The number of likely N-dealkylation sites (tertiary alicyclic amines) is 1. The van der Waals surface area contributed by atoms with E-state index in [-0.39, 0.29) is 11.8 Å². The van der Waals surface area contributed by atoms with E-state index in [1.54, 1.807) is 12.1 Å². The SMILES string of the molecule is CC(O)C1CCCN(CCCOc2ccc([N+](=O)[O-])cc2)C1. The van der Waals surface area contributed by atoms with E-state index in [1.807, 2.05) is 6.92 Å². The van der Waals surface area contributed by atoms with Crippen molar-refractivity contribution in [1.29, 1.82) is 0 Å². The number of nitro groups is 1. The number of aliphatic hydroxyl groups excluding tert-OH is 1. The van der Waals surface area contributed by atoms with Crippen LogP contribution in [0.2, 0.25) is 0 Å². The molecule has 1 aliphatic rings. The maximum Gasteiger partial charge on any atom is 0.269 e. The maximum absolute atomic E-state index is 10.6. The summed E-state index contributed by atoms with van der Waals surface area (Å²) in [5, 5.41) is 20.2. The fraction of sp³-hybridized carbons (Fsp3) is 0.625. The molecule has 0 amide bonds. The molecule has 0 spiro atoms. The van der Waals surface area contributed by atoms with E-state index < -0.39 is 4.92 Å². The summed E-state index contributed by atoms with van der Waals surface area (Å²) in [7, 11) is 0. The Bertz CT molecular complexity index is 476. The first-order valence-corrected chi connectivity index (χ1v) is 7.84. The van der Waals surface area contributed by atoms with E-state index in [0.717, 1.165) is 38.9 Å². The Morgan fingerprint density at radius 1 is 1.45 bits per heavy atom. The van der Waals surface area contributed by atoms with Crippen molar-refractivity contribution in [3.05, 3.63) is 34.4 Å². The zero-order valence-corrected chi connectivity index (χ0v) is 13.0. The molecule has 2 rings (SSSR count). The lowest BCUT2D eigenvalue weighted by Crippen LogP contribution is -2.40. The lowest BCUT2D eigenvalue weighted by Gasteiger charge is -2.34. The monoisotopic (exact) mass is 308 g/mol. The second-order valence-corrected chi connectivity index (χ2v) is 5.90. The molecule has 1 heterocycles. The zero-order chi connectivity index (χ0) is 15.9. The second-order valence-electron chi connectivity index (χ2n) is 5.90. The van der Waals surface area contributed by atoms with Gasteiger partial charge in [-0.2, -0.15) is 0 Å². The molecule has 1 N–H and O–H groups in total. The highest BCUT2D eigenvalue weighted by atomic mass is 16.6. The van der Waals surface area contributed by atoms with Crippen LogP contribution in [0.3, 0.4) is 0 Å². The number of hydrogen-bond donors (Lipinski definition) is 1. The molecule has 2 atom stereocenters. The first-order chi connectivity index (χ1) is 10.6. The molecule has 2 unspecified atom stereocenters. The minimum absolute atomic E-state index is 0.0739. The van der Waals surface area contributed by atoms with Crippen LogP contribution in [0, 0.1) is 16.0 Å². The molecule has 1 aliphatic heterocycles. The Hall–Kier alpha value is -1.66. The third-order valence-corrected chi connectivity index (χ3v) is 4.16. The molecular weight excluding hydrogens is 284 g/mol. The summed E-state index contributed by atoms with van der Waals surface area (Å²) in [6.45, 7) is 5.45. The molecule has 122 valence electrons. The van der Waals surface area contributed by atoms with E-state index >= 15 is 0 Å². The molecule has 6 heteroatoms. The van der Waals surface area contributed by atoms with Crippen LogP contribution in [-0.2, 0) is 0 Å². The smallest absolute Gasteiger partial charge is 0.269 e. The topological polar surface area (TPSA) is 75.8 Å². The van der Waals surface area contributed by atoms with E-state index in [9.17, 15) is 15.2 Å². The van der Waals surface area contributed by atoms with Gasteiger partial charge in [0.2, 0.25) is 0 Å². The van der Waals surface area contributed by atoms with Gasteiger partial charge in [0.1, 0.15) is 5.75 Å². The highest BCUT2D eigenvalue weighted by Crippen LogP contribution is 2.20. The summed E-state index contributed by atoms with van der Waals surface area (Å²) in [6.07, 6.45) is 2.91. The maximum atomic E-state index is 10.6. The fourth-order valence-electron chi connectivity index (χ4n) is 2.83. The van der Waals surface area contributed by atoms with Crippen LogP contribution in [0.1, 0.15) is 26.2 Å². The van der Waals surface area contributed by atoms with Crippen molar-refractivity contribution in [3.63, 3.8) is 0 Å². The Morgan fingerprint density at radius 3 is 2.82 bits per heavy atom. The quantitative estimate of drug-likeness (QED) is 0.476. The van der Waals surface area contributed by atoms with Crippen LogP contribution in [0.25, 0.3) is 0 Å². The van der Waals surface area contributed by atoms with Crippen molar-refractivity contribution in [1.82, 2.24) is 4.90 Å². The summed E-state index contributed by atoms with van der Waals surface area (Å²) < 4.78 is 5.61. The first-order valence-electron chi connectivity index (χ1n) is 7.84. The van der Waals surface area contributed by atoms with Gasteiger partial charge in [-0.15, -0.1) is 0 Å². The summed E-state index contributed by atoms with van der Waals surface area (Å²) >= 11 is 0. The number of piperidine rings is 1. The second kappa shape index (κ2) is 8.10. The largest absolute Gasteiger partial charge is 0.494 e. The minimum Gasteiger partial charge on any atom is -0.494 e. The lowest BCUT2D eigenvalue weighted by molar-refractivity contribution is -0.384. The van der Waals surface area contributed by atoms with Gasteiger partial charge in [0.05, 0.1) is 17.6 Å². The summed E-state index contributed by atoms with van der Waals surface area (Å²) in [5.74, 6) is 1.04. The van der Waals surface area contributed by atoms with Gasteiger partial charge in [0.25, 0.3) is 5.69 Å². The Kier molecular flexibility index (Phi) is 6.15. The van der Waals surface area contributed by atoms with Gasteiger partial charge < -0.3 is 14.7 Å². The van der Waals surface area contributed by atoms with Gasteiger partial charge in [-0.3, -0.25) is 10.1 Å². The van der Waals surface area contributed by atoms with Crippen molar-refractivity contribution >= 4 is 5.69 Å². The molecule has 0 saturated carbocycles. The third-order valence-electron chi connectivity index (χ3n) is 4.16. The average Bonchev–Trinajstić information content (AvgIpc) is 2.52. The summed E-state index contributed by atoms with van der Waals surface area (Å²) in [6, 6.07) is 6.16. The first kappa shape index (κ1) is 16.7. The highest BCUT2D eigenvalue weighted by Gasteiger charge is 2.22. The molecule has 22 heavy (non-hydrogen) atoms. The Morgan fingerprint density at radius 2 is 2.18 bits per heavy atom. The predicted molar refractivity (Wildman–Crippen MR) is 84.1 cm³/mol. The molecular formula is C16H24N2O4. The van der Waals surface area contributed by atoms with Gasteiger partial charge in [0.15, 0.2) is 0 Å². The summed E-state index contributed by atoms with van der Waals surface area (Å²) in [5.41, 5.74) is 0.0739. The molecule has 1 aromatic rings. The Labute approximate surface area is 130 Å². The predicted octanol–water partition coefficient (Wildman–Crippen LogP) is 2.46. The van der Waals surface area contributed by atoms with Gasteiger partial charge in [-0.25, -0.2) is 0 Å². The molecule has 0 aromatic heterocycles. The average molecular weight is 308 g/mol. The number of nitro benzene ring substituents is 1. The highest BCUT2D eigenvalue weighted by molar-refractivity contribution is 5.35. The van der Waals surface area contributed by atoms with Crippen molar-refractivity contribution in [2.75, 3.05) is 26.2 Å². The summed E-state index contributed by atoms with van der Waals surface area (Å²) in [4.78, 5) is 12.5. The normalized spacial score (nSPS) is 20.5. The number of ether oxygens (including phenoxy) is 1. The molecule has 0 aliphatic carbocycles. The minimum atomic E-state index is -0.418. The van der Waals surface area contributed by atoms with Crippen LogP contribution < -0.4 is 4.74 Å². The standard InChI is InChI=1S/C16H24N2O4/c1-13(19)14-4-2-9-17(12-14)10-3-11-22-16-7-5-15(6-8-16)18(20)21/h5-8,13-14,19H,2-4,9-12H2,1H3. The molecule has 6 nitrogen and oxygen atoms in total. The third kappa shape index (κ3) is 4.96. The molecule has 1 saturated heterocycles. The van der Waals surface area contributed by atoms with Crippen LogP contribution >= 0.6 is 0 Å². The molecule has 0 bridgehead atoms. The van der Waals surface area contributed by atoms with Crippen molar-refractivity contribution in [3.8, 4) is 5.75 Å². The van der Waals surface area contributed by atoms with Crippen molar-refractivity contribution in [2.45, 2.75) is 32.3 Å². The molecule has 0 radical (unpaired) electrons. The molecule has 1 aromatic carbocycles. The van der Waals surface area contributed by atoms with Gasteiger partial charge in [-0.05, 0) is 50.8 Å². The van der Waals surface area contributed by atoms with E-state index in [1.165, 1.54) is 12.1 Å². The van der Waals surface area contributed by atoms with Gasteiger partial charge in [-0.1, -0.05) is 0 Å². The number of hydrogen-bond acceptors (Lipinski definition) is 5. The number of nitrogens with zero attached hydrogens (tertiary/aromatic N) is 2. The zero-order valence-electron chi connectivity index (χ0n) is 13.0. The fourth-order valence-corrected chi connectivity index (χ4v) is 2.83. The van der Waals surface area contributed by atoms with Gasteiger partial charge in [0, 0.05) is 25.2 Å². The van der Waals surface area contributed by atoms with Crippen molar-refractivity contribution < 1.29 is 14.8 Å². The molecule has 1 fully saturated rings. The van der Waals surface area contributed by atoms with E-state index in [2.05, 4.69) is 4.90 Å². The van der Waals surface area contributed by atoms with Crippen LogP contribution in [-0.4, -0.2) is 47.3 Å². The number of rotatable bonds is 7. The number of non-ortho nitro benzene ring substituents is 1. The Balaban J connectivity index is 1.67. The lowest BCUT2D eigenvalue weighted by atomic mass is 9.93. The van der Waals surface area contributed by atoms with Gasteiger partial charge >= 0.3 is 0 Å². The van der Waals surface area contributed by atoms with Crippen LogP contribution in [0.15, 0.2) is 24.3 Å². The number of aliphatic hydroxyl groups is 1. The van der Waals surface area contributed by atoms with E-state index in [0.29, 0.717) is 18.3 Å². The van der Waals surface area contributed by atoms with E-state index in [4.69, 9.17) is 4.74 Å². The van der Waals surface area contributed by atoms with Crippen LogP contribution in [0.5, 0.6) is 5.75 Å². The van der Waals surface area contributed by atoms with Crippen LogP contribution in [0.4, 0.5) is 5.69 Å².